The number of para-hydroxylation sites is 1. The van der Waals surface area contributed by atoms with E-state index in [9.17, 15) is 0 Å². The van der Waals surface area contributed by atoms with Gasteiger partial charge in [-0.05, 0) is 37.1 Å². The first-order chi connectivity index (χ1) is 13.7. The highest BCUT2D eigenvalue weighted by molar-refractivity contribution is 14.0. The van der Waals surface area contributed by atoms with E-state index in [-0.39, 0.29) is 24.0 Å². The predicted molar refractivity (Wildman–Crippen MR) is 127 cm³/mol. The largest absolute Gasteiger partial charge is 0.457 e. The molecule has 3 aromatic rings. The second-order valence-corrected chi connectivity index (χ2v) is 8.66. The molecule has 4 heterocycles. The van der Waals surface area contributed by atoms with Crippen molar-refractivity contribution in [1.82, 2.24) is 15.2 Å². The van der Waals surface area contributed by atoms with Gasteiger partial charge >= 0.3 is 0 Å². The molecule has 1 atom stereocenters. The molecule has 2 aliphatic rings. The van der Waals surface area contributed by atoms with Crippen LogP contribution in [0, 0.1) is 5.41 Å². The number of furan rings is 1. The average Bonchev–Trinajstić information content (AvgIpc) is 3.50. The molecule has 1 unspecified atom stereocenters. The van der Waals surface area contributed by atoms with Gasteiger partial charge in [-0.25, -0.2) is 4.98 Å². The highest BCUT2D eigenvalue weighted by Gasteiger charge is 2.42. The molecule has 6 nitrogen and oxygen atoms in total. The molecule has 0 aliphatic carbocycles. The van der Waals surface area contributed by atoms with Crippen LogP contribution in [-0.2, 0) is 11.3 Å². The zero-order valence-corrected chi connectivity index (χ0v) is 19.5. The van der Waals surface area contributed by atoms with Crippen LogP contribution in [0.15, 0.2) is 45.8 Å². The van der Waals surface area contributed by atoms with Gasteiger partial charge in [-0.2, -0.15) is 0 Å². The molecule has 0 bridgehead atoms. The number of ether oxygens (including phenoxy) is 1. The van der Waals surface area contributed by atoms with Crippen LogP contribution in [0.1, 0.15) is 18.6 Å². The number of rotatable bonds is 3. The van der Waals surface area contributed by atoms with Crippen molar-refractivity contribution in [2.75, 3.05) is 33.4 Å². The van der Waals surface area contributed by atoms with Crippen LogP contribution in [0.4, 0.5) is 0 Å². The van der Waals surface area contributed by atoms with Gasteiger partial charge in [0.25, 0.3) is 0 Å². The number of guanidine groups is 1. The van der Waals surface area contributed by atoms with Gasteiger partial charge in [0, 0.05) is 32.2 Å². The first-order valence-corrected chi connectivity index (χ1v) is 10.5. The molecular formula is C21H25IN4O2S. The van der Waals surface area contributed by atoms with Gasteiger partial charge in [-0.15, -0.1) is 35.3 Å². The molecular weight excluding hydrogens is 499 g/mol. The molecule has 5 rings (SSSR count). The van der Waals surface area contributed by atoms with E-state index in [1.165, 1.54) is 11.1 Å². The van der Waals surface area contributed by atoms with Gasteiger partial charge in [0.15, 0.2) is 16.7 Å². The maximum absolute atomic E-state index is 6.04. The van der Waals surface area contributed by atoms with E-state index >= 15 is 0 Å². The van der Waals surface area contributed by atoms with Crippen molar-refractivity contribution in [3.05, 3.63) is 42.2 Å². The Morgan fingerprint density at radius 3 is 2.97 bits per heavy atom. The molecule has 1 aromatic carbocycles. The lowest BCUT2D eigenvalue weighted by molar-refractivity contribution is 0.156. The van der Waals surface area contributed by atoms with Gasteiger partial charge in [0.05, 0.1) is 23.4 Å². The lowest BCUT2D eigenvalue weighted by atomic mass is 9.87. The Balaban J connectivity index is 0.00000205. The number of nitrogens with one attached hydrogen (secondary N) is 1. The fourth-order valence-electron chi connectivity index (χ4n) is 4.15. The summed E-state index contributed by atoms with van der Waals surface area (Å²) in [4.78, 5) is 11.5. The van der Waals surface area contributed by atoms with Crippen molar-refractivity contribution >= 4 is 51.5 Å². The van der Waals surface area contributed by atoms with Crippen LogP contribution in [0.2, 0.25) is 0 Å². The van der Waals surface area contributed by atoms with Crippen molar-refractivity contribution in [2.45, 2.75) is 19.4 Å². The standard InChI is InChI=1S/C21H24N4O2S.HI/c1-22-20(25-10-8-21(13-25)9-11-26-14-21)23-12-15-6-7-17(27-15)19-24-16-4-2-3-5-18(16)28-19;/h2-7H,8-14H2,1H3,(H,22,23);1H. The fourth-order valence-corrected chi connectivity index (χ4v) is 5.08. The van der Waals surface area contributed by atoms with Crippen LogP contribution in [0.25, 0.3) is 21.0 Å². The summed E-state index contributed by atoms with van der Waals surface area (Å²) in [5.74, 6) is 2.63. The van der Waals surface area contributed by atoms with Gasteiger partial charge < -0.3 is 19.4 Å². The summed E-state index contributed by atoms with van der Waals surface area (Å²) in [6.45, 7) is 4.42. The number of likely N-dealkylation sites (tertiary alicyclic amines) is 1. The van der Waals surface area contributed by atoms with Crippen molar-refractivity contribution in [3.8, 4) is 10.8 Å². The zero-order valence-electron chi connectivity index (χ0n) is 16.4. The van der Waals surface area contributed by atoms with Crippen LogP contribution >= 0.6 is 35.3 Å². The van der Waals surface area contributed by atoms with Crippen molar-refractivity contribution in [1.29, 1.82) is 0 Å². The molecule has 1 N–H and O–H groups in total. The highest BCUT2D eigenvalue weighted by atomic mass is 127. The van der Waals surface area contributed by atoms with E-state index in [2.05, 4.69) is 26.3 Å². The molecule has 2 fully saturated rings. The zero-order chi connectivity index (χ0) is 19.0. The summed E-state index contributed by atoms with van der Waals surface area (Å²) in [7, 11) is 1.84. The summed E-state index contributed by atoms with van der Waals surface area (Å²) in [5.41, 5.74) is 1.33. The maximum Gasteiger partial charge on any atom is 0.194 e. The van der Waals surface area contributed by atoms with E-state index in [0.717, 1.165) is 60.7 Å². The molecule has 0 saturated carbocycles. The number of halogens is 1. The van der Waals surface area contributed by atoms with Crippen molar-refractivity contribution in [2.24, 2.45) is 10.4 Å². The molecule has 29 heavy (non-hydrogen) atoms. The van der Waals surface area contributed by atoms with E-state index < -0.39 is 0 Å². The fraction of sp³-hybridized carbons (Fsp3) is 0.429. The van der Waals surface area contributed by atoms with Crippen LogP contribution in [0.3, 0.4) is 0 Å². The molecule has 8 heteroatoms. The first-order valence-electron chi connectivity index (χ1n) is 9.73. The number of hydrogen-bond donors (Lipinski definition) is 1. The molecule has 154 valence electrons. The Morgan fingerprint density at radius 1 is 1.28 bits per heavy atom. The number of thiazole rings is 1. The average molecular weight is 524 g/mol. The van der Waals surface area contributed by atoms with Gasteiger partial charge in [-0.1, -0.05) is 12.1 Å². The third-order valence-electron chi connectivity index (χ3n) is 5.72. The first kappa shape index (κ1) is 20.6. The number of benzene rings is 1. The number of aromatic nitrogens is 1. The summed E-state index contributed by atoms with van der Waals surface area (Å²) >= 11 is 1.65. The summed E-state index contributed by atoms with van der Waals surface area (Å²) in [6, 6.07) is 12.2. The molecule has 2 saturated heterocycles. The quantitative estimate of drug-likeness (QED) is 0.314. The Bertz CT molecular complexity index is 976. The normalized spacial score (nSPS) is 21.8. The number of hydrogen-bond acceptors (Lipinski definition) is 5. The third-order valence-corrected chi connectivity index (χ3v) is 6.77. The molecule has 1 spiro atoms. The Hall–Kier alpha value is -1.65. The summed E-state index contributed by atoms with van der Waals surface area (Å²) in [5, 5.41) is 4.37. The highest BCUT2D eigenvalue weighted by Crippen LogP contribution is 2.38. The lowest BCUT2D eigenvalue weighted by Gasteiger charge is -2.24. The predicted octanol–water partition coefficient (Wildman–Crippen LogP) is 4.36. The van der Waals surface area contributed by atoms with Gasteiger partial charge in [0.2, 0.25) is 0 Å². The molecule has 0 amide bonds. The number of nitrogens with zero attached hydrogens (tertiary/aromatic N) is 3. The Labute approximate surface area is 191 Å². The van der Waals surface area contributed by atoms with E-state index in [1.54, 1.807) is 11.3 Å². The van der Waals surface area contributed by atoms with Gasteiger partial charge in [-0.3, -0.25) is 4.99 Å². The van der Waals surface area contributed by atoms with E-state index in [0.29, 0.717) is 12.0 Å². The topological polar surface area (TPSA) is 62.9 Å². The Morgan fingerprint density at radius 2 is 2.17 bits per heavy atom. The second-order valence-electron chi connectivity index (χ2n) is 7.63. The minimum absolute atomic E-state index is 0. The molecule has 0 radical (unpaired) electrons. The number of aliphatic imine (C=N–C) groups is 1. The maximum atomic E-state index is 6.04. The number of fused-ring (bicyclic) bond motifs is 1. The van der Waals surface area contributed by atoms with E-state index in [1.807, 2.05) is 37.4 Å². The van der Waals surface area contributed by atoms with Gasteiger partial charge in [0.1, 0.15) is 5.76 Å². The minimum Gasteiger partial charge on any atom is -0.457 e. The lowest BCUT2D eigenvalue weighted by Crippen LogP contribution is -2.41. The smallest absolute Gasteiger partial charge is 0.194 e. The SMILES string of the molecule is CN=C(NCc1ccc(-c2nc3ccccc3s2)o1)N1CCC2(CCOC2)C1.I. The Kier molecular flexibility index (Phi) is 6.12. The van der Waals surface area contributed by atoms with Crippen molar-refractivity contribution in [3.63, 3.8) is 0 Å². The monoisotopic (exact) mass is 524 g/mol. The minimum atomic E-state index is 0. The molecule has 2 aliphatic heterocycles. The second kappa shape index (κ2) is 8.61. The third kappa shape index (κ3) is 4.15. The summed E-state index contributed by atoms with van der Waals surface area (Å²) in [6.07, 6.45) is 2.33. The molecule has 2 aromatic heterocycles. The van der Waals surface area contributed by atoms with Crippen LogP contribution in [-0.4, -0.2) is 49.2 Å². The van der Waals surface area contributed by atoms with Crippen LogP contribution in [0.5, 0.6) is 0 Å². The van der Waals surface area contributed by atoms with E-state index in [4.69, 9.17) is 9.15 Å². The summed E-state index contributed by atoms with van der Waals surface area (Å²) < 4.78 is 12.8. The van der Waals surface area contributed by atoms with Crippen molar-refractivity contribution < 1.29 is 9.15 Å². The van der Waals surface area contributed by atoms with Crippen LogP contribution < -0.4 is 5.32 Å².